The number of likely N-dealkylation sites (N-methyl/N-ethyl adjacent to an activating group) is 1. The Kier molecular flexibility index (Phi) is 7.07. The maximum atomic E-state index is 13.3. The van der Waals surface area contributed by atoms with Gasteiger partial charge < -0.3 is 5.32 Å². The molecule has 0 spiro atoms. The third-order valence-corrected chi connectivity index (χ3v) is 5.92. The molecule has 1 fully saturated rings. The summed E-state index contributed by atoms with van der Waals surface area (Å²) in [6.45, 7) is 5.80. The zero-order valence-corrected chi connectivity index (χ0v) is 18.6. The van der Waals surface area contributed by atoms with Gasteiger partial charge in [-0.15, -0.1) is 0 Å². The van der Waals surface area contributed by atoms with Crippen molar-refractivity contribution in [2.45, 2.75) is 32.5 Å². The van der Waals surface area contributed by atoms with Crippen LogP contribution in [0.25, 0.3) is 11.3 Å². The fourth-order valence-corrected chi connectivity index (χ4v) is 4.36. The van der Waals surface area contributed by atoms with Crippen molar-refractivity contribution in [2.24, 2.45) is 0 Å². The van der Waals surface area contributed by atoms with Crippen LogP contribution < -0.4 is 5.32 Å². The summed E-state index contributed by atoms with van der Waals surface area (Å²) in [4.78, 5) is 13.8. The van der Waals surface area contributed by atoms with E-state index in [0.717, 1.165) is 43.4 Å². The Hall–Kier alpha value is -2.90. The minimum absolute atomic E-state index is 0.473. The van der Waals surface area contributed by atoms with Gasteiger partial charge in [-0.25, -0.2) is 18.7 Å². The largest absolute Gasteiger partial charge is 0.354 e. The van der Waals surface area contributed by atoms with Crippen molar-refractivity contribution in [2.75, 3.05) is 32.0 Å². The van der Waals surface area contributed by atoms with Crippen molar-refractivity contribution >= 4 is 5.95 Å². The zero-order valence-electron chi connectivity index (χ0n) is 18.6. The predicted molar refractivity (Wildman–Crippen MR) is 123 cm³/mol. The lowest BCUT2D eigenvalue weighted by molar-refractivity contribution is 0.148. The summed E-state index contributed by atoms with van der Waals surface area (Å²) in [5.41, 5.74) is 3.74. The van der Waals surface area contributed by atoms with Crippen molar-refractivity contribution in [3.63, 3.8) is 0 Å². The van der Waals surface area contributed by atoms with Crippen molar-refractivity contribution in [1.29, 1.82) is 0 Å². The second-order valence-corrected chi connectivity index (χ2v) is 8.26. The number of aromatic nitrogens is 2. The van der Waals surface area contributed by atoms with E-state index in [4.69, 9.17) is 0 Å². The van der Waals surface area contributed by atoms with Gasteiger partial charge in [0.1, 0.15) is 11.6 Å². The highest BCUT2D eigenvalue weighted by atomic mass is 19.1. The molecule has 168 valence electrons. The molecule has 0 radical (unpaired) electrons. The molecule has 1 N–H and O–H groups in total. The van der Waals surface area contributed by atoms with Gasteiger partial charge in [0.05, 0.1) is 11.9 Å². The van der Waals surface area contributed by atoms with E-state index in [1.807, 2.05) is 6.07 Å². The van der Waals surface area contributed by atoms with Gasteiger partial charge in [0.15, 0.2) is 0 Å². The molecule has 0 aliphatic carbocycles. The van der Waals surface area contributed by atoms with E-state index in [0.29, 0.717) is 30.6 Å². The number of nitrogens with zero attached hydrogens (tertiary/aromatic N) is 4. The molecule has 1 unspecified atom stereocenters. The highest BCUT2D eigenvalue weighted by Gasteiger charge is 2.27. The maximum Gasteiger partial charge on any atom is 0.223 e. The molecule has 0 amide bonds. The van der Waals surface area contributed by atoms with E-state index in [2.05, 4.69) is 63.3 Å². The Labute approximate surface area is 188 Å². The first-order valence-corrected chi connectivity index (χ1v) is 11.1. The molecule has 2 aromatic carbocycles. The molecule has 1 atom stereocenters. The molecule has 1 aliphatic rings. The molecule has 3 aromatic rings. The SMILES string of the molecule is CCC1N(C)CCN1Cc1cccc(-c2ccnc(NCCc3cc(F)cc(F)c3)n2)c1. The maximum absolute atomic E-state index is 13.3. The molecule has 7 heteroatoms. The lowest BCUT2D eigenvalue weighted by Gasteiger charge is -2.27. The minimum Gasteiger partial charge on any atom is -0.354 e. The number of hydrogen-bond acceptors (Lipinski definition) is 5. The smallest absolute Gasteiger partial charge is 0.223 e. The monoisotopic (exact) mass is 437 g/mol. The standard InChI is InChI=1S/C25H29F2N5/c1-3-24-31(2)11-12-32(24)17-19-5-4-6-20(13-19)23-8-10-29-25(30-23)28-9-7-18-14-21(26)16-22(27)15-18/h4-6,8,10,13-16,24H,3,7,9,11-12,17H2,1-2H3,(H,28,29,30). The number of halogens is 2. The summed E-state index contributed by atoms with van der Waals surface area (Å²) >= 11 is 0. The number of hydrogen-bond donors (Lipinski definition) is 1. The van der Waals surface area contributed by atoms with Crippen LogP contribution in [0.2, 0.25) is 0 Å². The van der Waals surface area contributed by atoms with E-state index >= 15 is 0 Å². The lowest BCUT2D eigenvalue weighted by atomic mass is 10.1. The van der Waals surface area contributed by atoms with Gasteiger partial charge in [-0.1, -0.05) is 25.1 Å². The van der Waals surface area contributed by atoms with E-state index in [-0.39, 0.29) is 0 Å². The van der Waals surface area contributed by atoms with Gasteiger partial charge in [0.2, 0.25) is 5.95 Å². The summed E-state index contributed by atoms with van der Waals surface area (Å²) in [5.74, 6) is -0.634. The quantitative estimate of drug-likeness (QED) is 0.560. The summed E-state index contributed by atoms with van der Waals surface area (Å²) in [7, 11) is 2.19. The minimum atomic E-state index is -0.566. The topological polar surface area (TPSA) is 44.3 Å². The van der Waals surface area contributed by atoms with E-state index < -0.39 is 11.6 Å². The van der Waals surface area contributed by atoms with Gasteiger partial charge >= 0.3 is 0 Å². The van der Waals surface area contributed by atoms with Crippen LogP contribution in [0.4, 0.5) is 14.7 Å². The molecule has 0 saturated carbocycles. The zero-order chi connectivity index (χ0) is 22.5. The fourth-order valence-electron chi connectivity index (χ4n) is 4.36. The van der Waals surface area contributed by atoms with Crippen LogP contribution in [-0.4, -0.2) is 52.6 Å². The van der Waals surface area contributed by atoms with Crippen LogP contribution in [0.5, 0.6) is 0 Å². The molecule has 0 bridgehead atoms. The molecule has 32 heavy (non-hydrogen) atoms. The third kappa shape index (κ3) is 5.47. The van der Waals surface area contributed by atoms with Gasteiger partial charge in [0.25, 0.3) is 0 Å². The van der Waals surface area contributed by atoms with Crippen LogP contribution >= 0.6 is 0 Å². The van der Waals surface area contributed by atoms with Crippen LogP contribution in [0, 0.1) is 11.6 Å². The van der Waals surface area contributed by atoms with Gasteiger partial charge in [-0.05, 0) is 55.3 Å². The second-order valence-electron chi connectivity index (χ2n) is 8.26. The van der Waals surface area contributed by atoms with Crippen molar-refractivity contribution in [3.05, 3.63) is 77.5 Å². The van der Waals surface area contributed by atoms with E-state index in [9.17, 15) is 8.78 Å². The summed E-state index contributed by atoms with van der Waals surface area (Å²) in [5, 5.41) is 3.15. The second kappa shape index (κ2) is 10.1. The van der Waals surface area contributed by atoms with Gasteiger partial charge in [-0.3, -0.25) is 9.80 Å². The summed E-state index contributed by atoms with van der Waals surface area (Å²) in [6, 6.07) is 13.9. The Balaban J connectivity index is 1.41. The highest BCUT2D eigenvalue weighted by Crippen LogP contribution is 2.23. The number of nitrogens with one attached hydrogen (secondary N) is 1. The first-order chi connectivity index (χ1) is 15.5. The number of anilines is 1. The Bertz CT molecular complexity index is 1040. The number of rotatable bonds is 8. The van der Waals surface area contributed by atoms with E-state index in [1.54, 1.807) is 6.20 Å². The van der Waals surface area contributed by atoms with Crippen LogP contribution in [0.15, 0.2) is 54.7 Å². The summed E-state index contributed by atoms with van der Waals surface area (Å²) in [6.07, 6.45) is 3.79. The molecule has 4 rings (SSSR count). The molecule has 1 aromatic heterocycles. The Morgan fingerprint density at radius 2 is 1.84 bits per heavy atom. The van der Waals surface area contributed by atoms with Crippen molar-refractivity contribution in [1.82, 2.24) is 19.8 Å². The normalized spacial score (nSPS) is 17.1. The molecule has 5 nitrogen and oxygen atoms in total. The first kappa shape index (κ1) is 22.3. The first-order valence-electron chi connectivity index (χ1n) is 11.1. The lowest BCUT2D eigenvalue weighted by Crippen LogP contribution is -2.35. The van der Waals surface area contributed by atoms with E-state index in [1.165, 1.54) is 17.7 Å². The average molecular weight is 438 g/mol. The van der Waals surface area contributed by atoms with Crippen LogP contribution in [0.3, 0.4) is 0 Å². The highest BCUT2D eigenvalue weighted by molar-refractivity contribution is 5.61. The molecular formula is C25H29F2N5. The van der Waals surface area contributed by atoms with Crippen LogP contribution in [-0.2, 0) is 13.0 Å². The Morgan fingerprint density at radius 1 is 1.03 bits per heavy atom. The molecule has 2 heterocycles. The summed E-state index contributed by atoms with van der Waals surface area (Å²) < 4.78 is 26.7. The predicted octanol–water partition coefficient (Wildman–Crippen LogP) is 4.56. The Morgan fingerprint density at radius 3 is 2.62 bits per heavy atom. The molecule has 1 saturated heterocycles. The van der Waals surface area contributed by atoms with Crippen molar-refractivity contribution < 1.29 is 8.78 Å². The third-order valence-electron chi connectivity index (χ3n) is 5.92. The van der Waals surface area contributed by atoms with Crippen LogP contribution in [0.1, 0.15) is 24.5 Å². The van der Waals surface area contributed by atoms with Gasteiger partial charge in [0, 0.05) is 44.0 Å². The van der Waals surface area contributed by atoms with Crippen molar-refractivity contribution in [3.8, 4) is 11.3 Å². The van der Waals surface area contributed by atoms with Gasteiger partial charge in [-0.2, -0.15) is 0 Å². The molecule has 1 aliphatic heterocycles. The number of benzene rings is 2. The molecular weight excluding hydrogens is 408 g/mol. The fraction of sp³-hybridized carbons (Fsp3) is 0.360. The average Bonchev–Trinajstić information content (AvgIpc) is 3.12.